The van der Waals surface area contributed by atoms with E-state index in [1.807, 2.05) is 12.1 Å². The molecule has 0 fully saturated rings. The highest BCUT2D eigenvalue weighted by Crippen LogP contribution is 2.39. The van der Waals surface area contributed by atoms with E-state index in [0.29, 0.717) is 18.9 Å². The smallest absolute Gasteiger partial charge is 0.173 e. The molecule has 5 nitrogen and oxygen atoms in total. The predicted molar refractivity (Wildman–Crippen MR) is 128 cm³/mol. The van der Waals surface area contributed by atoms with Gasteiger partial charge < -0.3 is 4.74 Å². The quantitative estimate of drug-likeness (QED) is 0.360. The van der Waals surface area contributed by atoms with Gasteiger partial charge in [-0.25, -0.2) is 4.98 Å². The maximum Gasteiger partial charge on any atom is 0.173 e. The third kappa shape index (κ3) is 3.22. The third-order valence-electron chi connectivity index (χ3n) is 6.26. The van der Waals surface area contributed by atoms with Gasteiger partial charge in [0.15, 0.2) is 5.65 Å². The molecule has 1 aliphatic heterocycles. The van der Waals surface area contributed by atoms with Crippen LogP contribution in [0.15, 0.2) is 60.7 Å². The zero-order valence-corrected chi connectivity index (χ0v) is 19.0. The summed E-state index contributed by atoms with van der Waals surface area (Å²) in [5.74, 6) is 2.27. The van der Waals surface area contributed by atoms with Gasteiger partial charge >= 0.3 is 0 Å². The van der Waals surface area contributed by atoms with Gasteiger partial charge in [0.25, 0.3) is 0 Å². The Bertz CT molecular complexity index is 1410. The molecule has 5 aromatic rings. The van der Waals surface area contributed by atoms with Crippen molar-refractivity contribution in [2.75, 3.05) is 0 Å². The van der Waals surface area contributed by atoms with Crippen molar-refractivity contribution >= 4 is 27.2 Å². The van der Waals surface area contributed by atoms with E-state index in [0.717, 1.165) is 39.5 Å². The van der Waals surface area contributed by atoms with Gasteiger partial charge in [-0.1, -0.05) is 74.5 Å². The Balaban J connectivity index is 1.61. The Morgan fingerprint density at radius 1 is 1.03 bits per heavy atom. The number of rotatable bonds is 4. The maximum atomic E-state index is 6.15. The molecule has 0 bridgehead atoms. The monoisotopic (exact) mass is 440 g/mol. The van der Waals surface area contributed by atoms with E-state index in [1.165, 1.54) is 16.0 Å². The lowest BCUT2D eigenvalue weighted by Crippen LogP contribution is -2.26. The van der Waals surface area contributed by atoms with Gasteiger partial charge in [0, 0.05) is 23.3 Å². The number of ether oxygens (including phenoxy) is 1. The average Bonchev–Trinajstić information content (AvgIpc) is 3.40. The van der Waals surface area contributed by atoms with Gasteiger partial charge in [-0.3, -0.25) is 4.40 Å². The fourth-order valence-corrected chi connectivity index (χ4v) is 5.65. The lowest BCUT2D eigenvalue weighted by atomic mass is 9.96. The number of hydrogen-bond acceptors (Lipinski definition) is 5. The Kier molecular flexibility index (Phi) is 4.77. The predicted octanol–water partition coefficient (Wildman–Crippen LogP) is 5.69. The molecule has 0 saturated heterocycles. The zero-order valence-electron chi connectivity index (χ0n) is 18.2. The molecule has 0 N–H and O–H groups in total. The van der Waals surface area contributed by atoms with Gasteiger partial charge in [0.2, 0.25) is 0 Å². The molecule has 4 heterocycles. The molecule has 0 spiro atoms. The van der Waals surface area contributed by atoms with Gasteiger partial charge in [-0.15, -0.1) is 21.5 Å². The molecule has 1 atom stereocenters. The van der Waals surface area contributed by atoms with E-state index < -0.39 is 0 Å². The molecule has 3 aromatic heterocycles. The highest BCUT2D eigenvalue weighted by molar-refractivity contribution is 7.19. The first-order valence-corrected chi connectivity index (χ1v) is 11.9. The lowest BCUT2D eigenvalue weighted by molar-refractivity contribution is 0.00203. The minimum Gasteiger partial charge on any atom is -0.372 e. The summed E-state index contributed by atoms with van der Waals surface area (Å²) in [6, 6.07) is 20.8. The van der Waals surface area contributed by atoms with Crippen molar-refractivity contribution in [3.63, 3.8) is 0 Å². The second kappa shape index (κ2) is 7.80. The van der Waals surface area contributed by atoms with E-state index in [9.17, 15) is 0 Å². The van der Waals surface area contributed by atoms with Gasteiger partial charge in [0.1, 0.15) is 16.5 Å². The van der Waals surface area contributed by atoms with Gasteiger partial charge in [-0.2, -0.15) is 0 Å². The van der Waals surface area contributed by atoms with Crippen LogP contribution < -0.4 is 0 Å². The highest BCUT2D eigenvalue weighted by Gasteiger charge is 2.29. The molecule has 6 heteroatoms. The van der Waals surface area contributed by atoms with Crippen molar-refractivity contribution in [1.82, 2.24) is 19.6 Å². The topological polar surface area (TPSA) is 52.3 Å². The summed E-state index contributed by atoms with van der Waals surface area (Å²) in [6.07, 6.45) is 1.83. The number of fused-ring (bicyclic) bond motifs is 5. The molecule has 0 saturated carbocycles. The molecule has 0 unspecified atom stereocenters. The van der Waals surface area contributed by atoms with Crippen molar-refractivity contribution in [2.24, 2.45) is 5.92 Å². The third-order valence-corrected chi connectivity index (χ3v) is 7.36. The van der Waals surface area contributed by atoms with Crippen LogP contribution in [-0.2, 0) is 24.2 Å². The number of aromatic nitrogens is 4. The van der Waals surface area contributed by atoms with E-state index in [-0.39, 0.29) is 6.10 Å². The van der Waals surface area contributed by atoms with Crippen molar-refractivity contribution < 1.29 is 4.74 Å². The molecule has 6 rings (SSSR count). The summed E-state index contributed by atoms with van der Waals surface area (Å²) in [5.41, 5.74) is 4.52. The molecule has 1 aliphatic rings. The zero-order chi connectivity index (χ0) is 21.7. The Morgan fingerprint density at radius 2 is 1.78 bits per heavy atom. The molecule has 0 amide bonds. The second-order valence-corrected chi connectivity index (χ2v) is 9.80. The summed E-state index contributed by atoms with van der Waals surface area (Å²) in [7, 11) is 0. The molecule has 160 valence electrons. The number of benzene rings is 2. The van der Waals surface area contributed by atoms with Crippen LogP contribution in [0.25, 0.3) is 27.3 Å². The number of nitrogens with zero attached hydrogens (tertiary/aromatic N) is 4. The van der Waals surface area contributed by atoms with E-state index in [2.05, 4.69) is 71.9 Å². The van der Waals surface area contributed by atoms with Crippen molar-refractivity contribution in [3.05, 3.63) is 82.5 Å². The van der Waals surface area contributed by atoms with Crippen LogP contribution in [0.4, 0.5) is 0 Å². The summed E-state index contributed by atoms with van der Waals surface area (Å²) < 4.78 is 8.31. The summed E-state index contributed by atoms with van der Waals surface area (Å²) >= 11 is 1.73. The summed E-state index contributed by atoms with van der Waals surface area (Å²) in [4.78, 5) is 7.46. The number of thiophene rings is 1. The van der Waals surface area contributed by atoms with Crippen LogP contribution in [0.2, 0.25) is 0 Å². The largest absolute Gasteiger partial charge is 0.372 e. The van der Waals surface area contributed by atoms with E-state index >= 15 is 0 Å². The molecular weight excluding hydrogens is 416 g/mol. The lowest BCUT2D eigenvalue weighted by Gasteiger charge is -2.26. The second-order valence-electron chi connectivity index (χ2n) is 8.72. The SMILES string of the molecule is CC(C)[C@H]1Cc2c(sc3nc(-c4ccccc4)n4c(Cc5ccccc5)nnc4c23)CO1. The van der Waals surface area contributed by atoms with Crippen molar-refractivity contribution in [1.29, 1.82) is 0 Å². The normalized spacial score (nSPS) is 16.2. The Hall–Kier alpha value is -3.09. The van der Waals surface area contributed by atoms with Gasteiger partial charge in [0.05, 0.1) is 18.1 Å². The number of hydrogen-bond donors (Lipinski definition) is 0. The van der Waals surface area contributed by atoms with E-state index in [1.54, 1.807) is 11.3 Å². The fourth-order valence-electron chi connectivity index (χ4n) is 4.53. The molecule has 2 aromatic carbocycles. The standard InChI is InChI=1S/C26H24N4OS/c1-16(2)20-14-19-21(15-31-20)32-26-23(19)25-29-28-22(13-17-9-5-3-6-10-17)30(25)24(27-26)18-11-7-4-8-12-18/h3-12,16,20H,13-15H2,1-2H3/t20-/m1/s1. The Morgan fingerprint density at radius 3 is 2.53 bits per heavy atom. The fraction of sp³-hybridized carbons (Fsp3) is 0.269. The minimum absolute atomic E-state index is 0.223. The molecule has 0 aliphatic carbocycles. The first-order chi connectivity index (χ1) is 15.7. The maximum absolute atomic E-state index is 6.15. The average molecular weight is 441 g/mol. The van der Waals surface area contributed by atoms with Gasteiger partial charge in [-0.05, 0) is 17.0 Å². The first-order valence-electron chi connectivity index (χ1n) is 11.1. The molecule has 32 heavy (non-hydrogen) atoms. The van der Waals surface area contributed by atoms with Crippen LogP contribution in [-0.4, -0.2) is 25.7 Å². The summed E-state index contributed by atoms with van der Waals surface area (Å²) in [5, 5.41) is 10.5. The Labute approximate surface area is 190 Å². The molecular formula is C26H24N4OS. The van der Waals surface area contributed by atoms with Crippen molar-refractivity contribution in [3.8, 4) is 11.4 Å². The molecule has 0 radical (unpaired) electrons. The first kappa shape index (κ1) is 19.6. The summed E-state index contributed by atoms with van der Waals surface area (Å²) in [6.45, 7) is 5.10. The van der Waals surface area contributed by atoms with E-state index in [4.69, 9.17) is 14.8 Å². The highest BCUT2D eigenvalue weighted by atomic mass is 32.1. The van der Waals surface area contributed by atoms with Crippen LogP contribution in [0, 0.1) is 5.92 Å². The van der Waals surface area contributed by atoms with Crippen LogP contribution in [0.5, 0.6) is 0 Å². The van der Waals surface area contributed by atoms with Crippen LogP contribution in [0.1, 0.15) is 35.7 Å². The van der Waals surface area contributed by atoms with Crippen LogP contribution in [0.3, 0.4) is 0 Å². The minimum atomic E-state index is 0.223. The van der Waals surface area contributed by atoms with Crippen molar-refractivity contribution in [2.45, 2.75) is 39.4 Å². The van der Waals surface area contributed by atoms with Crippen LogP contribution >= 0.6 is 11.3 Å².